The average Bonchev–Trinajstić information content (AvgIpc) is 2.79. The molecule has 1 aromatic heterocycles. The predicted octanol–water partition coefficient (Wildman–Crippen LogP) is 3.65. The Morgan fingerprint density at radius 3 is 2.36 bits per heavy atom. The molecule has 2 rings (SSSR count). The maximum Gasteiger partial charge on any atom is 0.243 e. The van der Waals surface area contributed by atoms with Crippen LogP contribution >= 0.6 is 11.6 Å². The van der Waals surface area contributed by atoms with E-state index in [9.17, 15) is 4.79 Å². The third kappa shape index (κ3) is 3.17. The van der Waals surface area contributed by atoms with Gasteiger partial charge in [0.2, 0.25) is 5.91 Å². The molecule has 0 aliphatic rings. The molecule has 0 fully saturated rings. The molecule has 4 nitrogen and oxygen atoms in total. The smallest absolute Gasteiger partial charge is 0.243 e. The molecule has 1 aromatic carbocycles. The number of carbonyl (C=O) groups is 1. The van der Waals surface area contributed by atoms with E-state index in [0.29, 0.717) is 6.67 Å². The number of carbonyl (C=O) groups excluding carboxylic acids is 1. The molecule has 0 N–H and O–H groups in total. The number of amides is 1. The van der Waals surface area contributed by atoms with Gasteiger partial charge < -0.3 is 0 Å². The van der Waals surface area contributed by atoms with E-state index in [1.165, 1.54) is 0 Å². The van der Waals surface area contributed by atoms with Crippen molar-refractivity contribution >= 4 is 23.2 Å². The average molecular weight is 320 g/mol. The second-order valence-electron chi connectivity index (χ2n) is 5.70. The molecule has 0 spiro atoms. The summed E-state index contributed by atoms with van der Waals surface area (Å²) in [5.74, 6) is -0.169. The van der Waals surface area contributed by atoms with Gasteiger partial charge in [0.25, 0.3) is 0 Å². The minimum atomic E-state index is -0.119. The monoisotopic (exact) mass is 319 g/mol. The first kappa shape index (κ1) is 16.6. The van der Waals surface area contributed by atoms with Crippen molar-refractivity contribution in [2.75, 3.05) is 10.8 Å². The molecule has 1 heterocycles. The van der Waals surface area contributed by atoms with Crippen LogP contribution in [0.2, 0.25) is 0 Å². The lowest BCUT2D eigenvalue weighted by atomic mass is 10.0. The Kier molecular flexibility index (Phi) is 4.91. The Balaban J connectivity index is 2.50. The fourth-order valence-electron chi connectivity index (χ4n) is 2.65. The van der Waals surface area contributed by atoms with Crippen LogP contribution < -0.4 is 4.90 Å². The minimum absolute atomic E-state index is 0.0495. The number of alkyl halides is 1. The van der Waals surface area contributed by atoms with Crippen LogP contribution in [0.3, 0.4) is 0 Å². The number of hydrogen-bond donors (Lipinski definition) is 0. The zero-order valence-corrected chi connectivity index (χ0v) is 14.5. The highest BCUT2D eigenvalue weighted by Gasteiger charge is 2.21. The normalized spacial score (nSPS) is 10.8. The summed E-state index contributed by atoms with van der Waals surface area (Å²) < 4.78 is 1.83. The van der Waals surface area contributed by atoms with Gasteiger partial charge in [-0.1, -0.05) is 12.1 Å². The Bertz CT molecular complexity index is 706. The second kappa shape index (κ2) is 6.53. The zero-order valence-electron chi connectivity index (χ0n) is 13.8. The van der Waals surface area contributed by atoms with Crippen molar-refractivity contribution in [1.29, 1.82) is 0 Å². The molecule has 1 amide bonds. The molecular formula is C17H22ClN3O. The van der Waals surface area contributed by atoms with E-state index in [1.54, 1.807) is 4.90 Å². The van der Waals surface area contributed by atoms with E-state index in [4.69, 9.17) is 11.6 Å². The molecule has 118 valence electrons. The Hall–Kier alpha value is -1.81. The van der Waals surface area contributed by atoms with Crippen molar-refractivity contribution in [3.8, 4) is 0 Å². The van der Waals surface area contributed by atoms with Gasteiger partial charge in [0.15, 0.2) is 0 Å². The molecule has 0 aliphatic heterocycles. The molecule has 0 saturated heterocycles. The topological polar surface area (TPSA) is 38.1 Å². The lowest BCUT2D eigenvalue weighted by Crippen LogP contribution is -2.35. The van der Waals surface area contributed by atoms with Crippen LogP contribution in [-0.2, 0) is 11.5 Å². The Morgan fingerprint density at radius 2 is 1.82 bits per heavy atom. The van der Waals surface area contributed by atoms with E-state index in [0.717, 1.165) is 33.8 Å². The van der Waals surface area contributed by atoms with E-state index in [1.807, 2.05) is 51.4 Å². The lowest BCUT2D eigenvalue weighted by molar-refractivity contribution is -0.116. The number of benzene rings is 1. The van der Waals surface area contributed by atoms with Crippen molar-refractivity contribution < 1.29 is 4.79 Å². The van der Waals surface area contributed by atoms with Crippen LogP contribution in [0.5, 0.6) is 0 Å². The van der Waals surface area contributed by atoms with Gasteiger partial charge in [0.1, 0.15) is 12.5 Å². The van der Waals surface area contributed by atoms with E-state index < -0.39 is 0 Å². The summed E-state index contributed by atoms with van der Waals surface area (Å²) in [4.78, 5) is 14.1. The molecule has 0 bridgehead atoms. The summed E-state index contributed by atoms with van der Waals surface area (Å²) in [5, 5.41) is 4.45. The first-order valence-electron chi connectivity index (χ1n) is 7.29. The number of hydrogen-bond acceptors (Lipinski definition) is 2. The van der Waals surface area contributed by atoms with Gasteiger partial charge in [-0.2, -0.15) is 5.10 Å². The number of rotatable bonds is 4. The molecule has 0 atom stereocenters. The summed E-state index contributed by atoms with van der Waals surface area (Å²) in [7, 11) is 0. The first-order chi connectivity index (χ1) is 10.3. The highest BCUT2D eigenvalue weighted by molar-refractivity contribution is 6.29. The minimum Gasteiger partial charge on any atom is -0.291 e. The molecule has 0 radical (unpaired) electrons. The van der Waals surface area contributed by atoms with Crippen molar-refractivity contribution in [2.24, 2.45) is 0 Å². The summed E-state index contributed by atoms with van der Waals surface area (Å²) in [6.45, 7) is 10.4. The highest BCUT2D eigenvalue weighted by Crippen LogP contribution is 2.28. The zero-order chi connectivity index (χ0) is 16.4. The largest absolute Gasteiger partial charge is 0.291 e. The van der Waals surface area contributed by atoms with E-state index in [-0.39, 0.29) is 11.8 Å². The number of aryl methyl sites for hydroxylation is 4. The highest BCUT2D eigenvalue weighted by atomic mass is 35.5. The van der Waals surface area contributed by atoms with Gasteiger partial charge in [0.05, 0.1) is 11.4 Å². The van der Waals surface area contributed by atoms with Crippen LogP contribution in [0, 0.1) is 34.6 Å². The maximum absolute atomic E-state index is 12.4. The molecule has 2 aromatic rings. The third-order valence-electron chi connectivity index (χ3n) is 3.97. The fraction of sp³-hybridized carbons (Fsp3) is 0.412. The molecule has 0 unspecified atom stereocenters. The van der Waals surface area contributed by atoms with Crippen LogP contribution in [-0.4, -0.2) is 21.6 Å². The van der Waals surface area contributed by atoms with Crippen LogP contribution in [0.4, 0.5) is 5.69 Å². The summed E-state index contributed by atoms with van der Waals surface area (Å²) in [5.41, 5.74) is 6.20. The third-order valence-corrected chi connectivity index (χ3v) is 4.20. The molecular weight excluding hydrogens is 298 g/mol. The summed E-state index contributed by atoms with van der Waals surface area (Å²) >= 11 is 5.83. The van der Waals surface area contributed by atoms with Gasteiger partial charge in [-0.15, -0.1) is 11.6 Å². The molecule has 0 aliphatic carbocycles. The molecule has 22 heavy (non-hydrogen) atoms. The van der Waals surface area contributed by atoms with Crippen molar-refractivity contribution in [1.82, 2.24) is 9.78 Å². The molecule has 5 heteroatoms. The van der Waals surface area contributed by atoms with Gasteiger partial charge in [-0.05, 0) is 57.4 Å². The standard InChI is InChI=1S/C17H22ClN3O/c1-11-6-7-12(2)17(15(11)5)20(16(22)9-18)10-21-14(4)8-13(3)19-21/h6-8H,9-10H2,1-5H3. The van der Waals surface area contributed by atoms with Crippen LogP contribution in [0.1, 0.15) is 28.1 Å². The number of halogens is 1. The van der Waals surface area contributed by atoms with Gasteiger partial charge in [0, 0.05) is 5.69 Å². The second-order valence-corrected chi connectivity index (χ2v) is 5.96. The maximum atomic E-state index is 12.4. The quantitative estimate of drug-likeness (QED) is 0.807. The number of nitrogens with zero attached hydrogens (tertiary/aromatic N) is 3. The summed E-state index contributed by atoms with van der Waals surface area (Å²) in [6.07, 6.45) is 0. The van der Waals surface area contributed by atoms with Gasteiger partial charge in [-0.25, -0.2) is 4.68 Å². The summed E-state index contributed by atoms with van der Waals surface area (Å²) in [6, 6.07) is 6.10. The SMILES string of the molecule is Cc1cc(C)n(CN(C(=O)CCl)c2c(C)ccc(C)c2C)n1. The first-order valence-corrected chi connectivity index (χ1v) is 7.82. The van der Waals surface area contributed by atoms with Crippen molar-refractivity contribution in [3.05, 3.63) is 46.3 Å². The van der Waals surface area contributed by atoms with Crippen molar-refractivity contribution in [3.63, 3.8) is 0 Å². The Labute approximate surface area is 136 Å². The lowest BCUT2D eigenvalue weighted by Gasteiger charge is -2.27. The van der Waals surface area contributed by atoms with Gasteiger partial charge >= 0.3 is 0 Å². The fourth-order valence-corrected chi connectivity index (χ4v) is 2.79. The Morgan fingerprint density at radius 1 is 1.18 bits per heavy atom. The molecule has 0 saturated carbocycles. The van der Waals surface area contributed by atoms with E-state index in [2.05, 4.69) is 11.2 Å². The predicted molar refractivity (Wildman–Crippen MR) is 90.6 cm³/mol. The van der Waals surface area contributed by atoms with Gasteiger partial charge in [-0.3, -0.25) is 9.69 Å². The number of anilines is 1. The van der Waals surface area contributed by atoms with Crippen LogP contribution in [0.25, 0.3) is 0 Å². The number of aromatic nitrogens is 2. The van der Waals surface area contributed by atoms with Crippen LogP contribution in [0.15, 0.2) is 18.2 Å². The van der Waals surface area contributed by atoms with Crippen molar-refractivity contribution in [2.45, 2.75) is 41.3 Å². The van der Waals surface area contributed by atoms with E-state index >= 15 is 0 Å².